The molecule has 4 rings (SSSR count). The third kappa shape index (κ3) is 4.58. The number of fused-ring (bicyclic) bond motifs is 1. The second kappa shape index (κ2) is 8.00. The van der Waals surface area contributed by atoms with E-state index in [1.54, 1.807) is 23.1 Å². The normalized spacial score (nSPS) is 17.3. The average molecular weight is 447 g/mol. The van der Waals surface area contributed by atoms with Crippen LogP contribution in [0.3, 0.4) is 0 Å². The van der Waals surface area contributed by atoms with Crippen molar-refractivity contribution in [2.24, 2.45) is 0 Å². The van der Waals surface area contributed by atoms with Gasteiger partial charge in [-0.05, 0) is 52.0 Å². The van der Waals surface area contributed by atoms with Crippen molar-refractivity contribution in [1.29, 1.82) is 0 Å². The SMILES string of the molecule is C[C@H]1CN(C(=O)OC(C)(C)C)CCN1c1nc2cc(Cl)cc(-c3ccc(F)cn3)c2o1. The number of carbonyl (C=O) groups excluding carboxylic acids is 1. The first-order chi connectivity index (χ1) is 14.6. The standard InChI is InChI=1S/C22H24ClFN4O3/c1-13-12-27(21(29)31-22(2,3)4)7-8-28(13)20-26-18-10-14(23)9-16(19(18)30-20)17-6-5-15(24)11-25-17/h5-6,9-11,13H,7-8,12H2,1-4H3/t13-/m0/s1. The van der Waals surface area contributed by atoms with Crippen molar-refractivity contribution in [3.63, 3.8) is 0 Å². The number of pyridine rings is 1. The molecule has 2 aromatic heterocycles. The maximum Gasteiger partial charge on any atom is 0.410 e. The first kappa shape index (κ1) is 21.4. The number of amides is 1. The van der Waals surface area contributed by atoms with Crippen molar-refractivity contribution in [3.8, 4) is 11.3 Å². The van der Waals surface area contributed by atoms with Crippen LogP contribution >= 0.6 is 11.6 Å². The number of hydrogen-bond acceptors (Lipinski definition) is 6. The number of hydrogen-bond donors (Lipinski definition) is 0. The maximum atomic E-state index is 13.3. The summed E-state index contributed by atoms with van der Waals surface area (Å²) in [6, 6.07) is 6.77. The molecule has 164 valence electrons. The molecule has 0 unspecified atom stereocenters. The number of carbonyl (C=O) groups is 1. The zero-order chi connectivity index (χ0) is 22.3. The van der Waals surface area contributed by atoms with Crippen LogP contribution in [0.1, 0.15) is 27.7 Å². The number of ether oxygens (including phenoxy) is 1. The quantitative estimate of drug-likeness (QED) is 0.543. The summed E-state index contributed by atoms with van der Waals surface area (Å²) < 4.78 is 24.9. The lowest BCUT2D eigenvalue weighted by Gasteiger charge is -2.39. The number of anilines is 1. The highest BCUT2D eigenvalue weighted by Crippen LogP contribution is 2.34. The van der Waals surface area contributed by atoms with Crippen LogP contribution in [0.2, 0.25) is 5.02 Å². The van der Waals surface area contributed by atoms with E-state index in [0.717, 1.165) is 6.20 Å². The van der Waals surface area contributed by atoms with Crippen molar-refractivity contribution < 1.29 is 18.3 Å². The van der Waals surface area contributed by atoms with E-state index < -0.39 is 11.4 Å². The Morgan fingerprint density at radius 2 is 2.06 bits per heavy atom. The van der Waals surface area contributed by atoms with Crippen LogP contribution in [0.5, 0.6) is 0 Å². The van der Waals surface area contributed by atoms with E-state index in [1.807, 2.05) is 32.6 Å². The molecule has 1 fully saturated rings. The number of piperazine rings is 1. The third-order valence-corrected chi connectivity index (χ3v) is 5.19. The molecule has 1 aromatic carbocycles. The number of aromatic nitrogens is 2. The highest BCUT2D eigenvalue weighted by Gasteiger charge is 2.32. The average Bonchev–Trinajstić information content (AvgIpc) is 3.10. The first-order valence-electron chi connectivity index (χ1n) is 10.1. The summed E-state index contributed by atoms with van der Waals surface area (Å²) in [6.07, 6.45) is 0.824. The fraction of sp³-hybridized carbons (Fsp3) is 0.409. The Bertz CT molecular complexity index is 1110. The Kier molecular flexibility index (Phi) is 5.51. The third-order valence-electron chi connectivity index (χ3n) is 4.97. The molecule has 3 aromatic rings. The molecule has 0 saturated carbocycles. The molecule has 1 saturated heterocycles. The lowest BCUT2D eigenvalue weighted by atomic mass is 10.1. The fourth-order valence-electron chi connectivity index (χ4n) is 3.57. The summed E-state index contributed by atoms with van der Waals surface area (Å²) in [4.78, 5) is 24.9. The highest BCUT2D eigenvalue weighted by atomic mass is 35.5. The Labute approximate surface area is 184 Å². The van der Waals surface area contributed by atoms with Crippen LogP contribution in [-0.4, -0.2) is 52.2 Å². The van der Waals surface area contributed by atoms with Crippen LogP contribution in [0.25, 0.3) is 22.4 Å². The van der Waals surface area contributed by atoms with Crippen molar-refractivity contribution >= 4 is 34.8 Å². The summed E-state index contributed by atoms with van der Waals surface area (Å²) in [5, 5.41) is 0.483. The molecule has 0 bridgehead atoms. The molecule has 1 atom stereocenters. The summed E-state index contributed by atoms with van der Waals surface area (Å²) in [5.41, 5.74) is 1.76. The highest BCUT2D eigenvalue weighted by molar-refractivity contribution is 6.31. The van der Waals surface area contributed by atoms with Crippen molar-refractivity contribution in [2.75, 3.05) is 24.5 Å². The summed E-state index contributed by atoms with van der Waals surface area (Å²) in [5.74, 6) is -0.419. The maximum absolute atomic E-state index is 13.3. The zero-order valence-electron chi connectivity index (χ0n) is 17.9. The van der Waals surface area contributed by atoms with Crippen LogP contribution in [-0.2, 0) is 4.74 Å². The minimum Gasteiger partial charge on any atom is -0.444 e. The molecular weight excluding hydrogens is 423 g/mol. The second-order valence-corrected chi connectivity index (χ2v) is 9.06. The summed E-state index contributed by atoms with van der Waals surface area (Å²) in [6.45, 7) is 9.07. The lowest BCUT2D eigenvalue weighted by molar-refractivity contribution is 0.0216. The number of halogens is 2. The van der Waals surface area contributed by atoms with E-state index in [-0.39, 0.29) is 12.1 Å². The van der Waals surface area contributed by atoms with Gasteiger partial charge in [0, 0.05) is 36.3 Å². The molecule has 1 amide bonds. The van der Waals surface area contributed by atoms with Gasteiger partial charge in [0.2, 0.25) is 0 Å². The first-order valence-corrected chi connectivity index (χ1v) is 10.4. The van der Waals surface area contributed by atoms with E-state index in [2.05, 4.69) is 9.97 Å². The van der Waals surface area contributed by atoms with Gasteiger partial charge in [-0.3, -0.25) is 4.98 Å². The zero-order valence-corrected chi connectivity index (χ0v) is 18.6. The molecule has 3 heterocycles. The van der Waals surface area contributed by atoms with Gasteiger partial charge in [0.25, 0.3) is 6.01 Å². The van der Waals surface area contributed by atoms with Crippen LogP contribution < -0.4 is 4.90 Å². The minimum atomic E-state index is -0.540. The van der Waals surface area contributed by atoms with Gasteiger partial charge in [-0.2, -0.15) is 4.98 Å². The molecule has 0 aliphatic carbocycles. The van der Waals surface area contributed by atoms with Crippen LogP contribution in [0, 0.1) is 5.82 Å². The van der Waals surface area contributed by atoms with Crippen LogP contribution in [0.15, 0.2) is 34.9 Å². The van der Waals surface area contributed by atoms with Crippen molar-refractivity contribution in [3.05, 3.63) is 41.3 Å². The predicted molar refractivity (Wildman–Crippen MR) is 117 cm³/mol. The molecule has 31 heavy (non-hydrogen) atoms. The van der Waals surface area contributed by atoms with Gasteiger partial charge in [0.1, 0.15) is 16.9 Å². The Hall–Kier alpha value is -2.87. The molecule has 0 radical (unpaired) electrons. The van der Waals surface area contributed by atoms with E-state index in [0.29, 0.717) is 53.0 Å². The molecule has 0 spiro atoms. The van der Waals surface area contributed by atoms with Gasteiger partial charge in [-0.25, -0.2) is 9.18 Å². The lowest BCUT2D eigenvalue weighted by Crippen LogP contribution is -2.54. The molecule has 1 aliphatic heterocycles. The number of oxazole rings is 1. The van der Waals surface area contributed by atoms with E-state index in [1.165, 1.54) is 6.07 Å². The molecule has 7 nitrogen and oxygen atoms in total. The second-order valence-electron chi connectivity index (χ2n) is 8.63. The number of benzene rings is 1. The van der Waals surface area contributed by atoms with Gasteiger partial charge in [0.15, 0.2) is 5.58 Å². The number of nitrogens with zero attached hydrogens (tertiary/aromatic N) is 4. The monoisotopic (exact) mass is 446 g/mol. The predicted octanol–water partition coefficient (Wildman–Crippen LogP) is 5.13. The minimum absolute atomic E-state index is 0.0304. The van der Waals surface area contributed by atoms with E-state index >= 15 is 0 Å². The largest absolute Gasteiger partial charge is 0.444 e. The fourth-order valence-corrected chi connectivity index (χ4v) is 3.78. The van der Waals surface area contributed by atoms with Gasteiger partial charge in [0.05, 0.1) is 11.9 Å². The van der Waals surface area contributed by atoms with Crippen molar-refractivity contribution in [2.45, 2.75) is 39.3 Å². The van der Waals surface area contributed by atoms with Crippen LogP contribution in [0.4, 0.5) is 15.2 Å². The molecule has 1 aliphatic rings. The van der Waals surface area contributed by atoms with E-state index in [4.69, 9.17) is 20.8 Å². The van der Waals surface area contributed by atoms with E-state index in [9.17, 15) is 9.18 Å². The summed E-state index contributed by atoms with van der Waals surface area (Å²) >= 11 is 6.28. The Morgan fingerprint density at radius 3 is 2.71 bits per heavy atom. The smallest absolute Gasteiger partial charge is 0.410 e. The molecule has 9 heteroatoms. The molecular formula is C22H24ClFN4O3. The Morgan fingerprint density at radius 1 is 1.29 bits per heavy atom. The Balaban J connectivity index is 1.60. The van der Waals surface area contributed by atoms with Gasteiger partial charge < -0.3 is 19.0 Å². The number of rotatable bonds is 2. The van der Waals surface area contributed by atoms with Gasteiger partial charge in [-0.1, -0.05) is 11.6 Å². The van der Waals surface area contributed by atoms with Gasteiger partial charge >= 0.3 is 6.09 Å². The topological polar surface area (TPSA) is 71.7 Å². The molecule has 0 N–H and O–H groups in total. The summed E-state index contributed by atoms with van der Waals surface area (Å²) in [7, 11) is 0. The van der Waals surface area contributed by atoms with Crippen molar-refractivity contribution in [1.82, 2.24) is 14.9 Å². The van der Waals surface area contributed by atoms with Gasteiger partial charge in [-0.15, -0.1) is 0 Å².